The molecule has 100 valence electrons. The Bertz CT molecular complexity index is 234. The zero-order chi connectivity index (χ0) is 13.1. The zero-order valence-corrected chi connectivity index (χ0v) is 12.8. The Labute approximate surface area is 109 Å². The van der Waals surface area contributed by atoms with Crippen LogP contribution in [0.2, 0.25) is 11.6 Å². The summed E-state index contributed by atoms with van der Waals surface area (Å²) in [5, 5.41) is 5.39. The first-order chi connectivity index (χ1) is 7.94. The van der Waals surface area contributed by atoms with Crippen molar-refractivity contribution < 1.29 is 0 Å². The van der Waals surface area contributed by atoms with E-state index in [9.17, 15) is 0 Å². The fourth-order valence-corrected chi connectivity index (χ4v) is 3.31. The van der Waals surface area contributed by atoms with E-state index < -0.39 is 0 Å². The third-order valence-corrected chi connectivity index (χ3v) is 5.21. The van der Waals surface area contributed by atoms with Crippen LogP contribution in [0, 0.1) is 0 Å². The van der Waals surface area contributed by atoms with Crippen molar-refractivity contribution in [2.24, 2.45) is 0 Å². The Morgan fingerprint density at radius 1 is 1.29 bits per heavy atom. The molecule has 0 aromatic rings. The van der Waals surface area contributed by atoms with Crippen LogP contribution in [0.1, 0.15) is 53.4 Å². The highest BCUT2D eigenvalue weighted by Gasteiger charge is 2.38. The molecule has 2 unspecified atom stereocenters. The second-order valence-electron chi connectivity index (χ2n) is 6.29. The fraction of sp³-hybridized carbons (Fsp3) is 1.00. The Morgan fingerprint density at radius 2 is 1.94 bits per heavy atom. The predicted octanol–water partition coefficient (Wildman–Crippen LogP) is 3.56. The lowest BCUT2D eigenvalue weighted by Crippen LogP contribution is -2.46. The van der Waals surface area contributed by atoms with Gasteiger partial charge in [0.25, 0.3) is 0 Å². The molecule has 0 bridgehead atoms. The number of hydrazine groups is 1. The van der Waals surface area contributed by atoms with E-state index in [1.807, 2.05) is 0 Å². The minimum absolute atomic E-state index is 0.536. The SMILES string of the molecule is CCCC(C)(CC)B1CCC(C)N(C)N(C)C1. The summed E-state index contributed by atoms with van der Waals surface area (Å²) in [5.74, 6) is 0. The summed E-state index contributed by atoms with van der Waals surface area (Å²) in [7, 11) is 4.48. The molecule has 0 amide bonds. The van der Waals surface area contributed by atoms with Crippen LogP contribution in [0.4, 0.5) is 0 Å². The van der Waals surface area contributed by atoms with Gasteiger partial charge in [-0.2, -0.15) is 0 Å². The van der Waals surface area contributed by atoms with E-state index in [4.69, 9.17) is 0 Å². The first-order valence-corrected chi connectivity index (χ1v) is 7.38. The molecule has 0 aromatic carbocycles. The van der Waals surface area contributed by atoms with E-state index in [-0.39, 0.29) is 0 Å². The maximum absolute atomic E-state index is 2.50. The van der Waals surface area contributed by atoms with E-state index in [2.05, 4.69) is 51.8 Å². The van der Waals surface area contributed by atoms with Crippen molar-refractivity contribution in [1.29, 1.82) is 0 Å². The Kier molecular flexibility index (Phi) is 5.52. The molecule has 0 aliphatic carbocycles. The molecule has 1 rings (SSSR count). The number of hydrogen-bond donors (Lipinski definition) is 0. The summed E-state index contributed by atoms with van der Waals surface area (Å²) < 4.78 is 0. The lowest BCUT2D eigenvalue weighted by Gasteiger charge is -2.37. The molecule has 1 aliphatic heterocycles. The monoisotopic (exact) mass is 238 g/mol. The molecule has 1 heterocycles. The highest BCUT2D eigenvalue weighted by molar-refractivity contribution is 6.62. The average Bonchev–Trinajstić information content (AvgIpc) is 2.43. The van der Waals surface area contributed by atoms with E-state index in [1.165, 1.54) is 38.4 Å². The summed E-state index contributed by atoms with van der Waals surface area (Å²) in [5.41, 5.74) is 0. The third-order valence-electron chi connectivity index (χ3n) is 5.21. The zero-order valence-electron chi connectivity index (χ0n) is 12.8. The van der Waals surface area contributed by atoms with E-state index in [0.29, 0.717) is 11.4 Å². The molecule has 0 radical (unpaired) electrons. The normalized spacial score (nSPS) is 27.9. The molecular weight excluding hydrogens is 207 g/mol. The largest absolute Gasteiger partial charge is 0.252 e. The van der Waals surface area contributed by atoms with Crippen molar-refractivity contribution in [3.8, 4) is 0 Å². The van der Waals surface area contributed by atoms with Crippen LogP contribution in [0.15, 0.2) is 0 Å². The molecule has 0 spiro atoms. The lowest BCUT2D eigenvalue weighted by atomic mass is 9.30. The molecule has 0 N–H and O–H groups in total. The molecule has 2 nitrogen and oxygen atoms in total. The van der Waals surface area contributed by atoms with E-state index in [1.54, 1.807) is 0 Å². The van der Waals surface area contributed by atoms with Crippen molar-refractivity contribution >= 4 is 6.71 Å². The summed E-state index contributed by atoms with van der Waals surface area (Å²) in [6.07, 6.45) is 7.96. The Balaban J connectivity index is 2.76. The van der Waals surface area contributed by atoms with Gasteiger partial charge in [-0.3, -0.25) is 5.01 Å². The maximum Gasteiger partial charge on any atom is 0.164 e. The fourth-order valence-electron chi connectivity index (χ4n) is 3.31. The lowest BCUT2D eigenvalue weighted by molar-refractivity contribution is 0.0112. The number of nitrogens with zero attached hydrogens (tertiary/aromatic N) is 2. The highest BCUT2D eigenvalue weighted by atomic mass is 15.6. The van der Waals surface area contributed by atoms with E-state index in [0.717, 1.165) is 6.71 Å². The van der Waals surface area contributed by atoms with Gasteiger partial charge in [0.15, 0.2) is 6.71 Å². The molecule has 0 aromatic heterocycles. The van der Waals surface area contributed by atoms with Crippen molar-refractivity contribution in [3.05, 3.63) is 0 Å². The van der Waals surface area contributed by atoms with E-state index >= 15 is 0 Å². The summed E-state index contributed by atoms with van der Waals surface area (Å²) in [4.78, 5) is 0. The van der Waals surface area contributed by atoms with Crippen molar-refractivity contribution in [3.63, 3.8) is 0 Å². The van der Waals surface area contributed by atoms with Crippen LogP contribution in [0.3, 0.4) is 0 Å². The van der Waals surface area contributed by atoms with Gasteiger partial charge >= 0.3 is 0 Å². The molecule has 1 fully saturated rings. The quantitative estimate of drug-likeness (QED) is 0.691. The van der Waals surface area contributed by atoms with Gasteiger partial charge in [-0.1, -0.05) is 51.7 Å². The Hall–Kier alpha value is -0.0151. The summed E-state index contributed by atoms with van der Waals surface area (Å²) in [6.45, 7) is 10.4. The number of hydrogen-bond acceptors (Lipinski definition) is 2. The predicted molar refractivity (Wildman–Crippen MR) is 78.6 cm³/mol. The van der Waals surface area contributed by atoms with Crippen molar-refractivity contribution in [2.75, 3.05) is 20.5 Å². The minimum Gasteiger partial charge on any atom is -0.252 e. The van der Waals surface area contributed by atoms with Gasteiger partial charge < -0.3 is 0 Å². The van der Waals surface area contributed by atoms with Crippen LogP contribution < -0.4 is 0 Å². The smallest absolute Gasteiger partial charge is 0.164 e. The Morgan fingerprint density at radius 3 is 2.47 bits per heavy atom. The van der Waals surface area contributed by atoms with Gasteiger partial charge in [0.2, 0.25) is 0 Å². The first kappa shape index (κ1) is 15.0. The van der Waals surface area contributed by atoms with Crippen LogP contribution in [0.5, 0.6) is 0 Å². The molecule has 2 atom stereocenters. The van der Waals surface area contributed by atoms with Gasteiger partial charge in [-0.05, 0) is 19.8 Å². The minimum atomic E-state index is 0.536. The standard InChI is InChI=1S/C14H31BN2/c1-7-10-14(4,8-2)15-11-9-13(3)17(6)16(5)12-15/h13H,7-12H2,1-6H3. The maximum atomic E-state index is 2.50. The van der Waals surface area contributed by atoms with Gasteiger partial charge in [0.05, 0.1) is 0 Å². The molecule has 17 heavy (non-hydrogen) atoms. The molecular formula is C14H31BN2. The van der Waals surface area contributed by atoms with Gasteiger partial charge in [-0.15, -0.1) is 0 Å². The molecule has 3 heteroatoms. The molecule has 1 aliphatic rings. The second-order valence-corrected chi connectivity index (χ2v) is 6.29. The number of rotatable bonds is 4. The van der Waals surface area contributed by atoms with Crippen LogP contribution >= 0.6 is 0 Å². The summed E-state index contributed by atoms with van der Waals surface area (Å²) in [6, 6.07) is 0.688. The van der Waals surface area contributed by atoms with Crippen LogP contribution in [-0.4, -0.2) is 43.3 Å². The van der Waals surface area contributed by atoms with Gasteiger partial charge in [0, 0.05) is 20.1 Å². The van der Waals surface area contributed by atoms with Gasteiger partial charge in [0.1, 0.15) is 0 Å². The highest BCUT2D eigenvalue weighted by Crippen LogP contribution is 2.42. The molecule has 0 saturated carbocycles. The van der Waals surface area contributed by atoms with Crippen molar-refractivity contribution in [1.82, 2.24) is 10.0 Å². The topological polar surface area (TPSA) is 6.48 Å². The van der Waals surface area contributed by atoms with Crippen molar-refractivity contribution in [2.45, 2.75) is 71.1 Å². The summed E-state index contributed by atoms with van der Waals surface area (Å²) >= 11 is 0. The second kappa shape index (κ2) is 6.24. The van der Waals surface area contributed by atoms with Crippen LogP contribution in [-0.2, 0) is 0 Å². The molecule has 1 saturated heterocycles. The first-order valence-electron chi connectivity index (χ1n) is 7.38. The van der Waals surface area contributed by atoms with Crippen LogP contribution in [0.25, 0.3) is 0 Å². The van der Waals surface area contributed by atoms with Gasteiger partial charge in [-0.25, -0.2) is 5.01 Å². The average molecular weight is 238 g/mol. The third kappa shape index (κ3) is 3.48.